The van der Waals surface area contributed by atoms with Gasteiger partial charge in [0.25, 0.3) is 5.91 Å². The van der Waals surface area contributed by atoms with Crippen molar-refractivity contribution in [2.45, 2.75) is 42.1 Å². The Morgan fingerprint density at radius 3 is 2.00 bits per heavy atom. The molecule has 0 saturated carbocycles. The lowest BCUT2D eigenvalue weighted by Gasteiger charge is -2.25. The maximum Gasteiger partial charge on any atom is 0.265 e. The van der Waals surface area contributed by atoms with E-state index in [2.05, 4.69) is 5.32 Å². The van der Waals surface area contributed by atoms with Crippen LogP contribution in [0.3, 0.4) is 0 Å². The fraction of sp³-hybridized carbons (Fsp3) is 0.381. The smallest absolute Gasteiger partial charge is 0.265 e. The number of amides is 1. The highest BCUT2D eigenvalue weighted by Crippen LogP contribution is 2.22. The molecule has 1 amide bonds. The largest absolute Gasteiger partial charge is 0.481 e. The van der Waals surface area contributed by atoms with Crippen molar-refractivity contribution in [1.29, 1.82) is 0 Å². The summed E-state index contributed by atoms with van der Waals surface area (Å²) in [5, 5.41) is 2.69. The van der Waals surface area contributed by atoms with Crippen LogP contribution in [-0.2, 0) is 24.7 Å². The van der Waals surface area contributed by atoms with Crippen molar-refractivity contribution in [3.05, 3.63) is 48.5 Å². The van der Waals surface area contributed by atoms with Gasteiger partial charge in [-0.3, -0.25) is 4.79 Å². The number of piperidine rings is 1. The Hall–Kier alpha value is -2.43. The van der Waals surface area contributed by atoms with Crippen molar-refractivity contribution in [2.24, 2.45) is 0 Å². The van der Waals surface area contributed by atoms with Gasteiger partial charge in [-0.25, -0.2) is 16.8 Å². The first-order chi connectivity index (χ1) is 14.6. The molecular formula is C21H26N2O6S2. The molecule has 1 fully saturated rings. The number of nitrogens with one attached hydrogen (secondary N) is 1. The average molecular weight is 467 g/mol. The van der Waals surface area contributed by atoms with Crippen LogP contribution in [0, 0.1) is 0 Å². The van der Waals surface area contributed by atoms with Crippen LogP contribution in [-0.4, -0.2) is 52.5 Å². The predicted molar refractivity (Wildman–Crippen MR) is 117 cm³/mol. The zero-order chi connectivity index (χ0) is 22.6. The number of anilines is 1. The van der Waals surface area contributed by atoms with Crippen LogP contribution in [0.4, 0.5) is 5.69 Å². The quantitative estimate of drug-likeness (QED) is 0.672. The Bertz CT molecular complexity index is 1120. The lowest BCUT2D eigenvalue weighted by Crippen LogP contribution is -2.35. The van der Waals surface area contributed by atoms with Crippen LogP contribution in [0.5, 0.6) is 5.75 Å². The first-order valence-electron chi connectivity index (χ1n) is 9.95. The van der Waals surface area contributed by atoms with E-state index in [0.717, 1.165) is 25.5 Å². The molecular weight excluding hydrogens is 440 g/mol. The highest BCUT2D eigenvalue weighted by molar-refractivity contribution is 7.90. The molecule has 8 nitrogen and oxygen atoms in total. The van der Waals surface area contributed by atoms with Gasteiger partial charge in [0.1, 0.15) is 5.75 Å². The Balaban J connectivity index is 1.61. The normalized spacial score (nSPS) is 16.5. The van der Waals surface area contributed by atoms with E-state index in [4.69, 9.17) is 4.74 Å². The molecule has 168 valence electrons. The van der Waals surface area contributed by atoms with Crippen molar-refractivity contribution in [3.8, 4) is 5.75 Å². The first-order valence-corrected chi connectivity index (χ1v) is 13.3. The van der Waals surface area contributed by atoms with Gasteiger partial charge in [-0.15, -0.1) is 0 Å². The van der Waals surface area contributed by atoms with E-state index in [-0.39, 0.29) is 9.79 Å². The van der Waals surface area contributed by atoms with Gasteiger partial charge in [0.2, 0.25) is 10.0 Å². The van der Waals surface area contributed by atoms with Crippen LogP contribution in [0.15, 0.2) is 58.3 Å². The molecule has 0 aliphatic carbocycles. The van der Waals surface area contributed by atoms with Gasteiger partial charge < -0.3 is 10.1 Å². The molecule has 1 atom stereocenters. The second-order valence-corrected chi connectivity index (χ2v) is 11.4. The lowest BCUT2D eigenvalue weighted by atomic mass is 10.2. The van der Waals surface area contributed by atoms with Crippen LogP contribution in [0.1, 0.15) is 26.2 Å². The van der Waals surface area contributed by atoms with Gasteiger partial charge in [0.05, 0.1) is 9.79 Å². The molecule has 0 radical (unpaired) electrons. The topological polar surface area (TPSA) is 110 Å². The Labute approximate surface area is 183 Å². The van der Waals surface area contributed by atoms with E-state index in [1.165, 1.54) is 40.7 Å². The zero-order valence-electron chi connectivity index (χ0n) is 17.4. The molecule has 1 N–H and O–H groups in total. The minimum absolute atomic E-state index is 0.163. The number of sulfone groups is 1. The monoisotopic (exact) mass is 466 g/mol. The summed E-state index contributed by atoms with van der Waals surface area (Å²) < 4.78 is 55.5. The number of hydrogen-bond acceptors (Lipinski definition) is 6. The predicted octanol–water partition coefficient (Wildman–Crippen LogP) is 2.67. The van der Waals surface area contributed by atoms with Crippen molar-refractivity contribution in [3.63, 3.8) is 0 Å². The standard InChI is InChI=1S/C21H26N2O6S2/c1-16(29-18-8-12-19(13-9-18)30(2,25)26)21(24)22-17-6-10-20(11-7-17)31(27,28)23-14-4-3-5-15-23/h6-13,16H,3-5,14-15H2,1-2H3,(H,22,24). The van der Waals surface area contributed by atoms with Crippen molar-refractivity contribution >= 4 is 31.5 Å². The molecule has 0 bridgehead atoms. The third-order valence-corrected chi connectivity index (χ3v) is 8.05. The van der Waals surface area contributed by atoms with Gasteiger partial charge in [0, 0.05) is 25.0 Å². The van der Waals surface area contributed by atoms with Crippen molar-refractivity contribution in [2.75, 3.05) is 24.7 Å². The molecule has 2 aromatic carbocycles. The first kappa shape index (κ1) is 23.2. The molecule has 1 unspecified atom stereocenters. The third kappa shape index (κ3) is 5.84. The molecule has 1 aliphatic rings. The van der Waals surface area contributed by atoms with Gasteiger partial charge in [-0.05, 0) is 68.3 Å². The third-order valence-electron chi connectivity index (χ3n) is 5.01. The second-order valence-electron chi connectivity index (χ2n) is 7.48. The SMILES string of the molecule is CC(Oc1ccc(S(C)(=O)=O)cc1)C(=O)Nc1ccc(S(=O)(=O)N2CCCCC2)cc1. The summed E-state index contributed by atoms with van der Waals surface area (Å²) in [6.45, 7) is 2.62. The van der Waals surface area contributed by atoms with Crippen LogP contribution in [0.25, 0.3) is 0 Å². The van der Waals surface area contributed by atoms with Gasteiger partial charge in [-0.1, -0.05) is 6.42 Å². The van der Waals surface area contributed by atoms with Gasteiger partial charge in [-0.2, -0.15) is 4.31 Å². The number of nitrogens with zero attached hydrogens (tertiary/aromatic N) is 1. The number of sulfonamides is 1. The summed E-state index contributed by atoms with van der Waals surface area (Å²) in [5.41, 5.74) is 0.450. The van der Waals surface area contributed by atoms with Crippen LogP contribution < -0.4 is 10.1 Å². The molecule has 0 spiro atoms. The minimum Gasteiger partial charge on any atom is -0.481 e. The Morgan fingerprint density at radius 2 is 1.45 bits per heavy atom. The van der Waals surface area contributed by atoms with E-state index in [1.807, 2.05) is 0 Å². The number of benzene rings is 2. The fourth-order valence-electron chi connectivity index (χ4n) is 3.23. The number of hydrogen-bond donors (Lipinski definition) is 1. The minimum atomic E-state index is -3.53. The summed E-state index contributed by atoms with van der Waals surface area (Å²) in [7, 11) is -6.83. The molecule has 1 heterocycles. The maximum atomic E-state index is 12.7. The summed E-state index contributed by atoms with van der Waals surface area (Å²) in [4.78, 5) is 12.8. The van der Waals surface area contributed by atoms with E-state index in [0.29, 0.717) is 24.5 Å². The van der Waals surface area contributed by atoms with E-state index < -0.39 is 31.9 Å². The molecule has 0 aromatic heterocycles. The summed E-state index contributed by atoms with van der Waals surface area (Å²) in [5.74, 6) is -0.0585. The van der Waals surface area contributed by atoms with Crippen LogP contribution >= 0.6 is 0 Å². The summed E-state index contributed by atoms with van der Waals surface area (Å²) >= 11 is 0. The molecule has 1 aliphatic heterocycles. The molecule has 1 saturated heterocycles. The molecule has 31 heavy (non-hydrogen) atoms. The highest BCUT2D eigenvalue weighted by atomic mass is 32.2. The number of ether oxygens (including phenoxy) is 1. The maximum absolute atomic E-state index is 12.7. The number of carbonyl (C=O) groups is 1. The van der Waals surface area contributed by atoms with Crippen molar-refractivity contribution < 1.29 is 26.4 Å². The Morgan fingerprint density at radius 1 is 0.903 bits per heavy atom. The second kappa shape index (κ2) is 9.37. The van der Waals surface area contributed by atoms with E-state index >= 15 is 0 Å². The highest BCUT2D eigenvalue weighted by Gasteiger charge is 2.26. The Kier molecular flexibility index (Phi) is 7.03. The fourth-order valence-corrected chi connectivity index (χ4v) is 5.38. The molecule has 2 aromatic rings. The average Bonchev–Trinajstić information content (AvgIpc) is 2.74. The van der Waals surface area contributed by atoms with E-state index in [9.17, 15) is 21.6 Å². The molecule has 3 rings (SSSR count). The zero-order valence-corrected chi connectivity index (χ0v) is 19.1. The van der Waals surface area contributed by atoms with Gasteiger partial charge >= 0.3 is 0 Å². The number of rotatable bonds is 7. The van der Waals surface area contributed by atoms with Gasteiger partial charge in [0.15, 0.2) is 15.9 Å². The van der Waals surface area contributed by atoms with E-state index in [1.54, 1.807) is 19.1 Å². The lowest BCUT2D eigenvalue weighted by molar-refractivity contribution is -0.122. The number of carbonyl (C=O) groups excluding carboxylic acids is 1. The van der Waals surface area contributed by atoms with Crippen LogP contribution in [0.2, 0.25) is 0 Å². The summed E-state index contributed by atoms with van der Waals surface area (Å²) in [6.07, 6.45) is 3.03. The van der Waals surface area contributed by atoms with Crippen molar-refractivity contribution in [1.82, 2.24) is 4.31 Å². The summed E-state index contributed by atoms with van der Waals surface area (Å²) in [6, 6.07) is 11.9. The molecule has 10 heteroatoms.